The van der Waals surface area contributed by atoms with Crippen molar-refractivity contribution in [2.24, 2.45) is 0 Å². The molecule has 0 aromatic heterocycles. The molecule has 0 bridgehead atoms. The Bertz CT molecular complexity index is 103. The first-order chi connectivity index (χ1) is 5.70. The van der Waals surface area contributed by atoms with E-state index in [2.05, 4.69) is 5.32 Å². The van der Waals surface area contributed by atoms with Gasteiger partial charge in [-0.05, 0) is 7.05 Å². The van der Waals surface area contributed by atoms with Crippen LogP contribution in [0.25, 0.3) is 0 Å². The lowest BCUT2D eigenvalue weighted by molar-refractivity contribution is 0.0714. The molecule has 4 N–H and O–H groups in total. The number of likely N-dealkylation sites (N-methyl/N-ethyl adjacent to an activating group) is 1. The van der Waals surface area contributed by atoms with Gasteiger partial charge in [0.1, 0.15) is 0 Å². The van der Waals surface area contributed by atoms with E-state index in [-0.39, 0.29) is 13.2 Å². The molecule has 0 aliphatic rings. The molecule has 73 valence electrons. The number of nitrogens with one attached hydrogen (secondary N) is 1. The second-order valence-electron chi connectivity index (χ2n) is 2.58. The van der Waals surface area contributed by atoms with Gasteiger partial charge >= 0.3 is 0 Å². The Morgan fingerprint density at radius 1 is 1.50 bits per heavy atom. The molecule has 0 saturated carbocycles. The van der Waals surface area contributed by atoms with Crippen LogP contribution in [0.1, 0.15) is 0 Å². The standard InChI is InChI=1S/C7H17N2O3/c1-9(4-7(12)5-11)6-8-2-3-10/h6-8,10-12H,2-5H2,1H3. The molecular formula is C7H17N2O3. The lowest BCUT2D eigenvalue weighted by Crippen LogP contribution is -2.34. The molecule has 0 aromatic carbocycles. The number of hydrogen-bond acceptors (Lipinski definition) is 5. The lowest BCUT2D eigenvalue weighted by Gasteiger charge is -2.18. The van der Waals surface area contributed by atoms with Crippen LogP contribution in [0.15, 0.2) is 0 Å². The van der Waals surface area contributed by atoms with Crippen molar-refractivity contribution in [3.8, 4) is 0 Å². The van der Waals surface area contributed by atoms with Gasteiger partial charge in [-0.1, -0.05) is 0 Å². The number of hydrogen-bond donors (Lipinski definition) is 4. The SMILES string of the molecule is CN([CH]NCCO)CC(O)CO. The van der Waals surface area contributed by atoms with E-state index < -0.39 is 6.10 Å². The summed E-state index contributed by atoms with van der Waals surface area (Å²) in [6.45, 7) is 2.34. The summed E-state index contributed by atoms with van der Waals surface area (Å²) in [7, 11) is 1.77. The van der Waals surface area contributed by atoms with Gasteiger partial charge in [0.05, 0.1) is 26.0 Å². The highest BCUT2D eigenvalue weighted by Gasteiger charge is 2.05. The predicted molar refractivity (Wildman–Crippen MR) is 45.1 cm³/mol. The molecule has 0 amide bonds. The molecule has 0 heterocycles. The molecule has 1 atom stereocenters. The summed E-state index contributed by atoms with van der Waals surface area (Å²) in [4.78, 5) is 1.70. The summed E-state index contributed by atoms with van der Waals surface area (Å²) >= 11 is 0. The number of nitrogens with zero attached hydrogens (tertiary/aromatic N) is 1. The molecule has 5 heteroatoms. The highest BCUT2D eigenvalue weighted by molar-refractivity contribution is 4.66. The first-order valence-corrected chi connectivity index (χ1v) is 3.87. The van der Waals surface area contributed by atoms with Crippen molar-refractivity contribution in [1.82, 2.24) is 10.2 Å². The average Bonchev–Trinajstić information content (AvgIpc) is 2.05. The fourth-order valence-electron chi connectivity index (χ4n) is 0.728. The highest BCUT2D eigenvalue weighted by atomic mass is 16.3. The first-order valence-electron chi connectivity index (χ1n) is 3.87. The van der Waals surface area contributed by atoms with Crippen LogP contribution in [-0.4, -0.2) is 59.7 Å². The van der Waals surface area contributed by atoms with E-state index in [1.54, 1.807) is 18.6 Å². The van der Waals surface area contributed by atoms with Gasteiger partial charge in [-0.2, -0.15) is 0 Å². The van der Waals surface area contributed by atoms with E-state index in [1.165, 1.54) is 0 Å². The summed E-state index contributed by atoms with van der Waals surface area (Å²) in [5.74, 6) is 0. The number of rotatable bonds is 7. The Morgan fingerprint density at radius 2 is 2.17 bits per heavy atom. The fourth-order valence-corrected chi connectivity index (χ4v) is 0.728. The van der Waals surface area contributed by atoms with Crippen molar-refractivity contribution in [1.29, 1.82) is 0 Å². The minimum absolute atomic E-state index is 0.0763. The van der Waals surface area contributed by atoms with Gasteiger partial charge in [0.2, 0.25) is 0 Å². The van der Waals surface area contributed by atoms with Gasteiger partial charge in [-0.25, -0.2) is 0 Å². The van der Waals surface area contributed by atoms with Crippen molar-refractivity contribution in [2.45, 2.75) is 6.10 Å². The van der Waals surface area contributed by atoms with Gasteiger partial charge in [-0.3, -0.25) is 10.2 Å². The van der Waals surface area contributed by atoms with Crippen LogP contribution < -0.4 is 5.32 Å². The van der Waals surface area contributed by atoms with Gasteiger partial charge < -0.3 is 15.3 Å². The zero-order valence-electron chi connectivity index (χ0n) is 7.27. The van der Waals surface area contributed by atoms with Crippen LogP contribution in [0, 0.1) is 6.67 Å². The molecule has 0 aliphatic carbocycles. The Kier molecular flexibility index (Phi) is 7.33. The third-order valence-corrected chi connectivity index (χ3v) is 1.28. The zero-order valence-corrected chi connectivity index (χ0v) is 7.27. The minimum atomic E-state index is -0.720. The minimum Gasteiger partial charge on any atom is -0.395 e. The maximum Gasteiger partial charge on any atom is 0.0897 e. The van der Waals surface area contributed by atoms with Crippen LogP contribution in [0.5, 0.6) is 0 Å². The maximum absolute atomic E-state index is 9.00. The van der Waals surface area contributed by atoms with Gasteiger partial charge in [-0.15, -0.1) is 0 Å². The monoisotopic (exact) mass is 177 g/mol. The Labute approximate surface area is 72.6 Å². The van der Waals surface area contributed by atoms with E-state index in [0.29, 0.717) is 13.1 Å². The average molecular weight is 177 g/mol. The molecule has 0 fully saturated rings. The largest absolute Gasteiger partial charge is 0.395 e. The van der Waals surface area contributed by atoms with Crippen molar-refractivity contribution in [3.63, 3.8) is 0 Å². The summed E-state index contributed by atoms with van der Waals surface area (Å²) in [5, 5.41) is 28.7. The van der Waals surface area contributed by atoms with Gasteiger partial charge in [0, 0.05) is 13.1 Å². The molecule has 0 spiro atoms. The topological polar surface area (TPSA) is 76.0 Å². The van der Waals surface area contributed by atoms with Crippen LogP contribution in [-0.2, 0) is 0 Å². The summed E-state index contributed by atoms with van der Waals surface area (Å²) in [6, 6.07) is 0. The summed E-state index contributed by atoms with van der Waals surface area (Å²) in [5.41, 5.74) is 0. The van der Waals surface area contributed by atoms with Crippen LogP contribution in [0.2, 0.25) is 0 Å². The molecule has 12 heavy (non-hydrogen) atoms. The molecule has 1 unspecified atom stereocenters. The van der Waals surface area contributed by atoms with Crippen molar-refractivity contribution >= 4 is 0 Å². The third kappa shape index (κ3) is 6.51. The maximum atomic E-state index is 9.00. The molecule has 1 radical (unpaired) electrons. The van der Waals surface area contributed by atoms with Crippen LogP contribution in [0.3, 0.4) is 0 Å². The van der Waals surface area contributed by atoms with Gasteiger partial charge in [0.25, 0.3) is 0 Å². The van der Waals surface area contributed by atoms with Crippen LogP contribution >= 0.6 is 0 Å². The molecule has 0 aliphatic heterocycles. The number of aliphatic hydroxyl groups excluding tert-OH is 3. The normalized spacial score (nSPS) is 13.8. The fraction of sp³-hybridized carbons (Fsp3) is 0.857. The second-order valence-corrected chi connectivity index (χ2v) is 2.58. The third-order valence-electron chi connectivity index (χ3n) is 1.28. The van der Waals surface area contributed by atoms with Crippen molar-refractivity contribution in [2.75, 3.05) is 33.4 Å². The number of aliphatic hydroxyl groups is 3. The zero-order chi connectivity index (χ0) is 9.40. The summed E-state index contributed by atoms with van der Waals surface area (Å²) in [6.07, 6.45) is -0.720. The first kappa shape index (κ1) is 11.8. The highest BCUT2D eigenvalue weighted by Crippen LogP contribution is 1.88. The molecule has 0 rings (SSSR count). The van der Waals surface area contributed by atoms with E-state index in [9.17, 15) is 0 Å². The second kappa shape index (κ2) is 7.45. The van der Waals surface area contributed by atoms with E-state index in [0.717, 1.165) is 0 Å². The Hall–Kier alpha value is -0.200. The summed E-state index contributed by atoms with van der Waals surface area (Å²) < 4.78 is 0. The molecule has 0 saturated heterocycles. The predicted octanol–water partition coefficient (Wildman–Crippen LogP) is -2.03. The smallest absolute Gasteiger partial charge is 0.0897 e. The molecule has 0 aromatic rings. The van der Waals surface area contributed by atoms with E-state index in [1.807, 2.05) is 0 Å². The Balaban J connectivity index is 3.26. The lowest BCUT2D eigenvalue weighted by atomic mass is 10.3. The molecule has 5 nitrogen and oxygen atoms in total. The van der Waals surface area contributed by atoms with E-state index in [4.69, 9.17) is 15.3 Å². The van der Waals surface area contributed by atoms with Crippen LogP contribution in [0.4, 0.5) is 0 Å². The quantitative estimate of drug-likeness (QED) is 0.338. The van der Waals surface area contributed by atoms with E-state index >= 15 is 0 Å². The van der Waals surface area contributed by atoms with Gasteiger partial charge in [0.15, 0.2) is 0 Å². The molecular weight excluding hydrogens is 160 g/mol. The van der Waals surface area contributed by atoms with Crippen molar-refractivity contribution < 1.29 is 15.3 Å². The van der Waals surface area contributed by atoms with Crippen molar-refractivity contribution in [3.05, 3.63) is 6.67 Å². The Morgan fingerprint density at radius 3 is 2.67 bits per heavy atom.